The van der Waals surface area contributed by atoms with Gasteiger partial charge in [-0.1, -0.05) is 30.3 Å². The molecule has 0 spiro atoms. The zero-order valence-electron chi connectivity index (χ0n) is 21.7. The number of piperidine rings is 2. The van der Waals surface area contributed by atoms with Crippen molar-refractivity contribution in [3.05, 3.63) is 65.4 Å². The third-order valence-corrected chi connectivity index (χ3v) is 10.0. The second kappa shape index (κ2) is 8.88. The van der Waals surface area contributed by atoms with E-state index in [1.54, 1.807) is 14.2 Å². The average molecular weight is 501 g/mol. The van der Waals surface area contributed by atoms with Crippen LogP contribution in [0.5, 0.6) is 5.75 Å². The highest BCUT2D eigenvalue weighted by molar-refractivity contribution is 5.92. The maximum atomic E-state index is 14.1. The van der Waals surface area contributed by atoms with Crippen molar-refractivity contribution in [2.75, 3.05) is 27.4 Å². The van der Waals surface area contributed by atoms with E-state index in [0.717, 1.165) is 49.2 Å². The molecule has 2 aliphatic carbocycles. The van der Waals surface area contributed by atoms with Crippen LogP contribution in [0.15, 0.2) is 48.5 Å². The monoisotopic (exact) mass is 500 g/mol. The van der Waals surface area contributed by atoms with E-state index in [9.17, 15) is 4.79 Å². The van der Waals surface area contributed by atoms with Crippen LogP contribution in [0.25, 0.3) is 10.9 Å². The molecule has 3 aliphatic heterocycles. The number of nitrogens with one attached hydrogen (secondary N) is 1. The molecule has 2 saturated heterocycles. The Balaban J connectivity index is 1.29. The van der Waals surface area contributed by atoms with Crippen molar-refractivity contribution in [1.29, 1.82) is 0 Å². The van der Waals surface area contributed by atoms with E-state index in [0.29, 0.717) is 37.0 Å². The van der Waals surface area contributed by atoms with Gasteiger partial charge >= 0.3 is 5.97 Å². The molecule has 1 N–H and O–H groups in total. The minimum absolute atomic E-state index is 0.0665. The molecule has 6 nitrogen and oxygen atoms in total. The Morgan fingerprint density at radius 3 is 2.78 bits per heavy atom. The van der Waals surface area contributed by atoms with E-state index in [1.165, 1.54) is 22.9 Å². The fourth-order valence-electron chi connectivity index (χ4n) is 8.71. The van der Waals surface area contributed by atoms with Gasteiger partial charge < -0.3 is 19.2 Å². The molecule has 2 saturated carbocycles. The van der Waals surface area contributed by atoms with Crippen LogP contribution in [0.2, 0.25) is 0 Å². The van der Waals surface area contributed by atoms with E-state index in [4.69, 9.17) is 14.2 Å². The van der Waals surface area contributed by atoms with Gasteiger partial charge in [0.2, 0.25) is 0 Å². The predicted molar refractivity (Wildman–Crippen MR) is 142 cm³/mol. The van der Waals surface area contributed by atoms with Crippen molar-refractivity contribution in [3.8, 4) is 5.75 Å². The Hall–Kier alpha value is -2.83. The lowest BCUT2D eigenvalue weighted by atomic mass is 9.46. The summed E-state index contributed by atoms with van der Waals surface area (Å²) in [6.45, 7) is 2.32. The molecule has 3 aromatic rings. The summed E-state index contributed by atoms with van der Waals surface area (Å²) < 4.78 is 17.4. The van der Waals surface area contributed by atoms with Crippen molar-refractivity contribution < 1.29 is 19.0 Å². The standard InChI is InChI=1S/C31H36N2O4/c1-35-23-8-9-27-26(17-23)25-10-12-33-22-15-20-14-21(16-22)31(28(25)32-27,30(34)36-2)29(33)24(20)11-13-37-18-19-6-4-3-5-7-19/h3-9,17,20-22,24,29,32H,10-16,18H2,1-2H3/t20-,21+,22?,24?,29?,31?/m0/s1. The number of ether oxygens (including phenoxy) is 3. The van der Waals surface area contributed by atoms with Gasteiger partial charge in [-0.3, -0.25) is 9.69 Å². The van der Waals surface area contributed by atoms with Crippen LogP contribution in [-0.2, 0) is 32.7 Å². The third kappa shape index (κ3) is 3.34. The van der Waals surface area contributed by atoms with Crippen molar-refractivity contribution in [2.24, 2.45) is 17.8 Å². The summed E-state index contributed by atoms with van der Waals surface area (Å²) in [4.78, 5) is 20.6. The topological polar surface area (TPSA) is 63.8 Å². The number of benzene rings is 2. The summed E-state index contributed by atoms with van der Waals surface area (Å²) in [5.41, 5.74) is 4.00. The maximum absolute atomic E-state index is 14.1. The first kappa shape index (κ1) is 23.3. The molecule has 6 bridgehead atoms. The Bertz CT molecular complexity index is 1320. The van der Waals surface area contributed by atoms with Gasteiger partial charge in [0.15, 0.2) is 0 Å². The Morgan fingerprint density at radius 2 is 1.97 bits per heavy atom. The Labute approximate surface area is 218 Å². The summed E-state index contributed by atoms with van der Waals surface area (Å²) in [7, 11) is 3.28. The van der Waals surface area contributed by atoms with Crippen LogP contribution in [0.4, 0.5) is 0 Å². The van der Waals surface area contributed by atoms with Gasteiger partial charge in [-0.25, -0.2) is 0 Å². The average Bonchev–Trinajstić information content (AvgIpc) is 3.23. The highest BCUT2D eigenvalue weighted by Gasteiger charge is 2.70. The normalized spacial score (nSPS) is 33.2. The molecule has 37 heavy (non-hydrogen) atoms. The predicted octanol–water partition coefficient (Wildman–Crippen LogP) is 4.85. The lowest BCUT2D eigenvalue weighted by Gasteiger charge is -2.66. The van der Waals surface area contributed by atoms with Crippen LogP contribution in [0, 0.1) is 17.8 Å². The van der Waals surface area contributed by atoms with Gasteiger partial charge in [-0.05, 0) is 79.2 Å². The number of fused-ring (bicyclic) bond motifs is 3. The number of aromatic amines is 1. The van der Waals surface area contributed by atoms with Crippen LogP contribution in [-0.4, -0.2) is 55.3 Å². The molecule has 5 aliphatic rings. The van der Waals surface area contributed by atoms with Crippen LogP contribution in [0.3, 0.4) is 0 Å². The van der Waals surface area contributed by atoms with E-state index < -0.39 is 5.41 Å². The molecule has 194 valence electrons. The summed E-state index contributed by atoms with van der Waals surface area (Å²) in [6.07, 6.45) is 5.33. The zero-order chi connectivity index (χ0) is 25.1. The molecule has 0 radical (unpaired) electrons. The number of H-pyrrole nitrogens is 1. The SMILES string of the molecule is COC(=O)C12c3[nH]c4ccc(OC)cc4c3CCN3C4C[C@H](C[C@@H]1C4)C(CCOCc1ccccc1)C32. The van der Waals surface area contributed by atoms with Gasteiger partial charge in [0, 0.05) is 41.8 Å². The van der Waals surface area contributed by atoms with Crippen molar-refractivity contribution >= 4 is 16.9 Å². The molecule has 8 rings (SSSR count). The highest BCUT2D eigenvalue weighted by atomic mass is 16.5. The summed E-state index contributed by atoms with van der Waals surface area (Å²) in [5.74, 6) is 2.15. The number of carbonyl (C=O) groups is 1. The van der Waals surface area contributed by atoms with Gasteiger partial charge in [-0.2, -0.15) is 0 Å². The lowest BCUT2D eigenvalue weighted by Crippen LogP contribution is -2.74. The molecule has 5 unspecified atom stereocenters. The largest absolute Gasteiger partial charge is 0.497 e. The first-order valence-corrected chi connectivity index (χ1v) is 13.8. The van der Waals surface area contributed by atoms with Crippen LogP contribution >= 0.6 is 0 Å². The smallest absolute Gasteiger partial charge is 0.319 e. The second-order valence-electron chi connectivity index (χ2n) is 11.5. The number of rotatable bonds is 7. The van der Waals surface area contributed by atoms with E-state index in [1.807, 2.05) is 12.1 Å². The first-order chi connectivity index (χ1) is 18.1. The third-order valence-electron chi connectivity index (χ3n) is 10.0. The lowest BCUT2D eigenvalue weighted by molar-refractivity contribution is -0.188. The quantitative estimate of drug-likeness (QED) is 0.371. The molecule has 0 amide bonds. The molecule has 4 fully saturated rings. The maximum Gasteiger partial charge on any atom is 0.319 e. The van der Waals surface area contributed by atoms with Crippen LogP contribution < -0.4 is 4.74 Å². The summed E-state index contributed by atoms with van der Waals surface area (Å²) >= 11 is 0. The summed E-state index contributed by atoms with van der Waals surface area (Å²) in [5, 5.41) is 1.18. The first-order valence-electron chi connectivity index (χ1n) is 13.8. The Kier molecular flexibility index (Phi) is 5.59. The fourth-order valence-corrected chi connectivity index (χ4v) is 8.71. The highest BCUT2D eigenvalue weighted by Crippen LogP contribution is 2.63. The van der Waals surface area contributed by atoms with Gasteiger partial charge in [-0.15, -0.1) is 0 Å². The van der Waals surface area contributed by atoms with Crippen molar-refractivity contribution in [2.45, 2.75) is 56.2 Å². The van der Waals surface area contributed by atoms with Gasteiger partial charge in [0.05, 0.1) is 20.8 Å². The van der Waals surface area contributed by atoms with Gasteiger partial charge in [0.25, 0.3) is 0 Å². The molecular weight excluding hydrogens is 464 g/mol. The van der Waals surface area contributed by atoms with Crippen LogP contribution in [0.1, 0.15) is 42.5 Å². The zero-order valence-corrected chi connectivity index (χ0v) is 21.7. The van der Waals surface area contributed by atoms with E-state index in [-0.39, 0.29) is 12.0 Å². The number of aromatic nitrogens is 1. The number of hydrogen-bond acceptors (Lipinski definition) is 5. The molecule has 4 heterocycles. The molecule has 2 aromatic carbocycles. The molecule has 1 aromatic heterocycles. The molecule has 7 atom stereocenters. The number of hydrogen-bond donors (Lipinski definition) is 1. The number of carbonyl (C=O) groups excluding carboxylic acids is 1. The molecular formula is C31H36N2O4. The number of methoxy groups -OCH3 is 2. The van der Waals surface area contributed by atoms with Crippen molar-refractivity contribution in [3.63, 3.8) is 0 Å². The molecule has 6 heteroatoms. The minimum Gasteiger partial charge on any atom is -0.497 e. The minimum atomic E-state index is -0.662. The number of esters is 1. The number of nitrogens with zero attached hydrogens (tertiary/aromatic N) is 1. The second-order valence-corrected chi connectivity index (χ2v) is 11.5. The fraction of sp³-hybridized carbons (Fsp3) is 0.516. The van der Waals surface area contributed by atoms with E-state index >= 15 is 0 Å². The van der Waals surface area contributed by atoms with Gasteiger partial charge in [0.1, 0.15) is 11.2 Å². The van der Waals surface area contributed by atoms with Crippen molar-refractivity contribution in [1.82, 2.24) is 9.88 Å². The summed E-state index contributed by atoms with van der Waals surface area (Å²) in [6, 6.07) is 17.3. The Morgan fingerprint density at radius 1 is 1.11 bits per heavy atom. The van der Waals surface area contributed by atoms with E-state index in [2.05, 4.69) is 46.3 Å².